The van der Waals surface area contributed by atoms with Gasteiger partial charge in [0.05, 0.1) is 5.69 Å². The minimum absolute atomic E-state index is 0.0389. The number of nitrogens with zero attached hydrogens (tertiary/aromatic N) is 1. The first-order chi connectivity index (χ1) is 11.8. The number of anilines is 1. The van der Waals surface area contributed by atoms with Gasteiger partial charge in [0.15, 0.2) is 0 Å². The van der Waals surface area contributed by atoms with E-state index in [1.807, 2.05) is 6.92 Å². The van der Waals surface area contributed by atoms with Gasteiger partial charge in [0, 0.05) is 4.47 Å². The van der Waals surface area contributed by atoms with Crippen molar-refractivity contribution in [1.29, 1.82) is 0 Å². The molecule has 1 saturated heterocycles. The maximum absolute atomic E-state index is 13.1. The van der Waals surface area contributed by atoms with Crippen LogP contribution < -0.4 is 10.6 Å². The maximum atomic E-state index is 13.1. The molecule has 8 heteroatoms. The number of hydrogen-bond acceptors (Lipinski definition) is 3. The smallest absolute Gasteiger partial charge is 0.323 e. The Bertz CT molecular complexity index is 742. The number of amides is 4. The van der Waals surface area contributed by atoms with Crippen molar-refractivity contribution in [3.05, 3.63) is 28.5 Å². The largest absolute Gasteiger partial charge is 0.325 e. The van der Waals surface area contributed by atoms with Gasteiger partial charge in [-0.2, -0.15) is 0 Å². The molecule has 25 heavy (non-hydrogen) atoms. The van der Waals surface area contributed by atoms with Crippen molar-refractivity contribution in [1.82, 2.24) is 10.2 Å². The minimum Gasteiger partial charge on any atom is -0.323 e. The molecule has 4 amide bonds. The van der Waals surface area contributed by atoms with Crippen molar-refractivity contribution < 1.29 is 18.8 Å². The Hall–Kier alpha value is -1.96. The molecular weight excluding hydrogens is 393 g/mol. The zero-order valence-corrected chi connectivity index (χ0v) is 15.4. The molecule has 1 aromatic rings. The molecule has 2 fully saturated rings. The number of rotatable bonds is 3. The molecule has 3 rings (SSSR count). The first-order valence-corrected chi connectivity index (χ1v) is 9.02. The molecule has 0 aromatic heterocycles. The lowest BCUT2D eigenvalue weighted by Gasteiger charge is -2.36. The van der Waals surface area contributed by atoms with Gasteiger partial charge < -0.3 is 10.6 Å². The topological polar surface area (TPSA) is 78.5 Å². The maximum Gasteiger partial charge on any atom is 0.325 e. The van der Waals surface area contributed by atoms with Gasteiger partial charge in [-0.15, -0.1) is 0 Å². The summed E-state index contributed by atoms with van der Waals surface area (Å²) in [6.07, 6.45) is 3.37. The van der Waals surface area contributed by atoms with Gasteiger partial charge in [-0.05, 0) is 52.9 Å². The van der Waals surface area contributed by atoms with Crippen LogP contribution in [0.4, 0.5) is 14.9 Å². The Morgan fingerprint density at radius 2 is 2.20 bits per heavy atom. The molecule has 134 valence electrons. The highest BCUT2D eigenvalue weighted by Crippen LogP contribution is 2.38. The molecule has 2 aliphatic rings. The summed E-state index contributed by atoms with van der Waals surface area (Å²) in [6, 6.07) is 3.31. The quantitative estimate of drug-likeness (QED) is 0.750. The van der Waals surface area contributed by atoms with Crippen LogP contribution in [0.15, 0.2) is 22.7 Å². The van der Waals surface area contributed by atoms with Crippen molar-refractivity contribution in [3.63, 3.8) is 0 Å². The number of carbonyl (C=O) groups is 3. The molecule has 1 aliphatic heterocycles. The predicted molar refractivity (Wildman–Crippen MR) is 93.3 cm³/mol. The summed E-state index contributed by atoms with van der Waals surface area (Å²) in [5.74, 6) is -1.25. The lowest BCUT2D eigenvalue weighted by atomic mass is 9.73. The SMILES string of the molecule is CC1CCCCC12NC(=O)N(CC(=O)Nc1ccc(F)cc1Br)C2=O. The van der Waals surface area contributed by atoms with E-state index in [-0.39, 0.29) is 18.4 Å². The summed E-state index contributed by atoms with van der Waals surface area (Å²) in [5, 5.41) is 5.39. The fraction of sp³-hybridized carbons (Fsp3) is 0.471. The van der Waals surface area contributed by atoms with Gasteiger partial charge in [-0.25, -0.2) is 9.18 Å². The lowest BCUT2D eigenvalue weighted by Crippen LogP contribution is -2.54. The number of urea groups is 1. The molecule has 1 aliphatic carbocycles. The second kappa shape index (κ2) is 6.74. The summed E-state index contributed by atoms with van der Waals surface area (Å²) in [7, 11) is 0. The molecule has 2 atom stereocenters. The van der Waals surface area contributed by atoms with Crippen molar-refractivity contribution in [2.45, 2.75) is 38.1 Å². The fourth-order valence-electron chi connectivity index (χ4n) is 3.56. The molecule has 0 radical (unpaired) electrons. The van der Waals surface area contributed by atoms with Crippen LogP contribution in [-0.2, 0) is 9.59 Å². The van der Waals surface area contributed by atoms with E-state index in [0.29, 0.717) is 16.6 Å². The highest BCUT2D eigenvalue weighted by molar-refractivity contribution is 9.10. The standard InChI is InChI=1S/C17H19BrFN3O3/c1-10-4-2-3-7-17(10)15(24)22(16(25)21-17)9-14(23)20-13-6-5-11(19)8-12(13)18/h5-6,8,10H,2-4,7,9H2,1H3,(H,20,23)(H,21,25). The van der Waals surface area contributed by atoms with Gasteiger partial charge in [-0.3, -0.25) is 14.5 Å². The van der Waals surface area contributed by atoms with Crippen molar-refractivity contribution in [2.75, 3.05) is 11.9 Å². The summed E-state index contributed by atoms with van der Waals surface area (Å²) in [6.45, 7) is 1.58. The van der Waals surface area contributed by atoms with Crippen LogP contribution >= 0.6 is 15.9 Å². The minimum atomic E-state index is -0.883. The molecular formula is C17H19BrFN3O3. The third kappa shape index (κ3) is 3.27. The van der Waals surface area contributed by atoms with Crippen LogP contribution in [0.25, 0.3) is 0 Å². The van der Waals surface area contributed by atoms with Crippen LogP contribution in [0.1, 0.15) is 32.6 Å². The number of imide groups is 1. The highest BCUT2D eigenvalue weighted by Gasteiger charge is 2.55. The van der Waals surface area contributed by atoms with E-state index >= 15 is 0 Å². The zero-order valence-electron chi connectivity index (χ0n) is 13.8. The fourth-order valence-corrected chi connectivity index (χ4v) is 4.01. The summed E-state index contributed by atoms with van der Waals surface area (Å²) in [5.41, 5.74) is -0.509. The summed E-state index contributed by atoms with van der Waals surface area (Å²) in [4.78, 5) is 38.3. The average molecular weight is 412 g/mol. The van der Waals surface area contributed by atoms with E-state index in [1.54, 1.807) is 0 Å². The van der Waals surface area contributed by atoms with Gasteiger partial charge >= 0.3 is 6.03 Å². The van der Waals surface area contributed by atoms with Crippen LogP contribution in [-0.4, -0.2) is 34.8 Å². The number of halogens is 2. The van der Waals surface area contributed by atoms with E-state index in [9.17, 15) is 18.8 Å². The van der Waals surface area contributed by atoms with Crippen molar-refractivity contribution in [3.8, 4) is 0 Å². The third-order valence-corrected chi connectivity index (χ3v) is 5.66. The molecule has 1 heterocycles. The first kappa shape index (κ1) is 17.8. The van der Waals surface area contributed by atoms with Gasteiger partial charge in [-0.1, -0.05) is 19.8 Å². The van der Waals surface area contributed by atoms with E-state index in [2.05, 4.69) is 26.6 Å². The Kier molecular flexibility index (Phi) is 4.81. The Labute approximate surface area is 153 Å². The molecule has 2 N–H and O–H groups in total. The molecule has 1 spiro atoms. The third-order valence-electron chi connectivity index (χ3n) is 5.01. The van der Waals surface area contributed by atoms with Crippen LogP contribution in [0, 0.1) is 11.7 Å². The second-order valence-electron chi connectivity index (χ2n) is 6.61. The van der Waals surface area contributed by atoms with Gasteiger partial charge in [0.2, 0.25) is 5.91 Å². The van der Waals surface area contributed by atoms with Crippen LogP contribution in [0.2, 0.25) is 0 Å². The van der Waals surface area contributed by atoms with E-state index in [0.717, 1.165) is 24.2 Å². The van der Waals surface area contributed by atoms with Gasteiger partial charge in [0.25, 0.3) is 5.91 Å². The Morgan fingerprint density at radius 3 is 2.88 bits per heavy atom. The first-order valence-electron chi connectivity index (χ1n) is 8.22. The molecule has 2 unspecified atom stereocenters. The zero-order chi connectivity index (χ0) is 18.2. The number of hydrogen-bond donors (Lipinski definition) is 2. The van der Waals surface area contributed by atoms with E-state index in [1.165, 1.54) is 18.2 Å². The molecule has 1 aromatic carbocycles. The van der Waals surface area contributed by atoms with E-state index in [4.69, 9.17) is 0 Å². The average Bonchev–Trinajstić information content (AvgIpc) is 2.78. The van der Waals surface area contributed by atoms with Gasteiger partial charge in [0.1, 0.15) is 17.9 Å². The number of carbonyl (C=O) groups excluding carboxylic acids is 3. The Morgan fingerprint density at radius 1 is 1.44 bits per heavy atom. The van der Waals surface area contributed by atoms with Crippen molar-refractivity contribution >= 4 is 39.5 Å². The number of benzene rings is 1. The molecule has 0 bridgehead atoms. The lowest BCUT2D eigenvalue weighted by molar-refractivity contribution is -0.136. The Balaban J connectivity index is 1.71. The molecule has 6 nitrogen and oxygen atoms in total. The van der Waals surface area contributed by atoms with Crippen LogP contribution in [0.3, 0.4) is 0 Å². The second-order valence-corrected chi connectivity index (χ2v) is 7.47. The van der Waals surface area contributed by atoms with Crippen LogP contribution in [0.5, 0.6) is 0 Å². The normalized spacial score (nSPS) is 26.0. The monoisotopic (exact) mass is 411 g/mol. The molecule has 1 saturated carbocycles. The number of nitrogens with one attached hydrogen (secondary N) is 2. The van der Waals surface area contributed by atoms with E-state index < -0.39 is 23.3 Å². The highest BCUT2D eigenvalue weighted by atomic mass is 79.9. The summed E-state index contributed by atoms with van der Waals surface area (Å²) < 4.78 is 13.5. The predicted octanol–water partition coefficient (Wildman–Crippen LogP) is 3.03. The summed E-state index contributed by atoms with van der Waals surface area (Å²) >= 11 is 3.16. The van der Waals surface area contributed by atoms with Crippen molar-refractivity contribution in [2.24, 2.45) is 5.92 Å².